The highest BCUT2D eigenvalue weighted by Gasteiger charge is 2.30. The van der Waals surface area contributed by atoms with Gasteiger partial charge in [-0.1, -0.05) is 27.7 Å². The second kappa shape index (κ2) is 11.9. The van der Waals surface area contributed by atoms with Crippen LogP contribution in [-0.2, 0) is 19.1 Å². The number of methoxy groups -OCH3 is 1. The molecule has 0 unspecified atom stereocenters. The smallest absolute Gasteiger partial charge is 0.408 e. The van der Waals surface area contributed by atoms with Crippen LogP contribution in [0.3, 0.4) is 0 Å². The highest BCUT2D eigenvalue weighted by Crippen LogP contribution is 2.14. The molecule has 0 fully saturated rings. The Hall–Kier alpha value is -1.83. The monoisotopic (exact) mass is 402 g/mol. The van der Waals surface area contributed by atoms with Gasteiger partial charge in [0.2, 0.25) is 5.91 Å². The van der Waals surface area contributed by atoms with Gasteiger partial charge in [-0.3, -0.25) is 9.59 Å². The third-order valence-electron chi connectivity index (χ3n) is 3.84. The van der Waals surface area contributed by atoms with Crippen molar-refractivity contribution >= 4 is 18.0 Å². The number of hydrogen-bond acceptors (Lipinski definition) is 6. The van der Waals surface area contributed by atoms with E-state index in [-0.39, 0.29) is 18.3 Å². The van der Waals surface area contributed by atoms with Crippen LogP contribution < -0.4 is 10.6 Å². The number of ether oxygens (including phenoxy) is 2. The van der Waals surface area contributed by atoms with E-state index in [9.17, 15) is 19.5 Å². The van der Waals surface area contributed by atoms with E-state index in [1.165, 1.54) is 7.11 Å². The molecule has 0 aliphatic rings. The van der Waals surface area contributed by atoms with Crippen LogP contribution in [0.25, 0.3) is 0 Å². The zero-order chi connectivity index (χ0) is 22.1. The van der Waals surface area contributed by atoms with Crippen LogP contribution >= 0.6 is 0 Å². The Kier molecular flexibility index (Phi) is 11.1. The van der Waals surface area contributed by atoms with Crippen LogP contribution in [0.5, 0.6) is 0 Å². The lowest BCUT2D eigenvalue weighted by molar-refractivity contribution is -0.143. The molecule has 0 aromatic heterocycles. The van der Waals surface area contributed by atoms with Crippen molar-refractivity contribution < 1.29 is 29.0 Å². The maximum absolute atomic E-state index is 12.8. The van der Waals surface area contributed by atoms with E-state index in [0.717, 1.165) is 0 Å². The molecule has 0 heterocycles. The minimum Gasteiger partial charge on any atom is -0.469 e. The Balaban J connectivity index is 5.22. The van der Waals surface area contributed by atoms with Gasteiger partial charge in [0.05, 0.1) is 25.7 Å². The maximum Gasteiger partial charge on any atom is 0.408 e. The Morgan fingerprint density at radius 2 is 1.50 bits per heavy atom. The largest absolute Gasteiger partial charge is 0.469 e. The van der Waals surface area contributed by atoms with Gasteiger partial charge >= 0.3 is 12.1 Å². The van der Waals surface area contributed by atoms with Crippen molar-refractivity contribution in [2.75, 3.05) is 7.11 Å². The number of rotatable bonds is 10. The van der Waals surface area contributed by atoms with Crippen LogP contribution in [0, 0.1) is 11.8 Å². The molecule has 3 N–H and O–H groups in total. The first-order valence-corrected chi connectivity index (χ1v) is 9.79. The third kappa shape index (κ3) is 11.8. The van der Waals surface area contributed by atoms with Crippen LogP contribution in [0.4, 0.5) is 4.79 Å². The summed E-state index contributed by atoms with van der Waals surface area (Å²) in [5.74, 6) is -0.649. The first-order valence-electron chi connectivity index (χ1n) is 9.79. The molecule has 8 nitrogen and oxygen atoms in total. The summed E-state index contributed by atoms with van der Waals surface area (Å²) in [6.07, 6.45) is -1.09. The summed E-state index contributed by atoms with van der Waals surface area (Å²) >= 11 is 0. The molecular formula is C20H38N2O6. The molecule has 0 aliphatic heterocycles. The van der Waals surface area contributed by atoms with Crippen molar-refractivity contribution in [2.24, 2.45) is 11.8 Å². The number of amides is 2. The van der Waals surface area contributed by atoms with E-state index in [1.807, 2.05) is 27.7 Å². The number of alkyl carbamates (subject to hydrolysis) is 1. The van der Waals surface area contributed by atoms with Gasteiger partial charge in [-0.15, -0.1) is 0 Å². The molecule has 164 valence electrons. The summed E-state index contributed by atoms with van der Waals surface area (Å²) in [6, 6.07) is -1.45. The van der Waals surface area contributed by atoms with Crippen molar-refractivity contribution in [2.45, 2.75) is 91.5 Å². The summed E-state index contributed by atoms with van der Waals surface area (Å²) in [5.41, 5.74) is -0.681. The van der Waals surface area contributed by atoms with Crippen LogP contribution in [-0.4, -0.2) is 54.0 Å². The van der Waals surface area contributed by atoms with Gasteiger partial charge in [-0.05, 0) is 45.4 Å². The molecule has 0 aliphatic carbocycles. The molecule has 3 atom stereocenters. The quantitative estimate of drug-likeness (QED) is 0.484. The second-order valence-electron chi connectivity index (χ2n) is 8.92. The minimum atomic E-state index is -1.08. The molecule has 8 heteroatoms. The molecule has 0 rings (SSSR count). The fourth-order valence-electron chi connectivity index (χ4n) is 2.65. The van der Waals surface area contributed by atoms with Crippen molar-refractivity contribution in [1.82, 2.24) is 10.6 Å². The molecule has 0 saturated carbocycles. The first kappa shape index (κ1) is 26.2. The lowest BCUT2D eigenvalue weighted by Crippen LogP contribution is -2.54. The molecular weight excluding hydrogens is 364 g/mol. The summed E-state index contributed by atoms with van der Waals surface area (Å²) in [5, 5.41) is 15.8. The van der Waals surface area contributed by atoms with Crippen LogP contribution in [0.15, 0.2) is 0 Å². The van der Waals surface area contributed by atoms with Crippen LogP contribution in [0.2, 0.25) is 0 Å². The Morgan fingerprint density at radius 1 is 0.964 bits per heavy atom. The molecule has 2 amide bonds. The average molecular weight is 403 g/mol. The normalized spacial score (nSPS) is 15.0. The summed E-state index contributed by atoms with van der Waals surface area (Å²) < 4.78 is 9.84. The highest BCUT2D eigenvalue weighted by molar-refractivity contribution is 5.86. The van der Waals surface area contributed by atoms with Gasteiger partial charge < -0.3 is 25.2 Å². The maximum atomic E-state index is 12.8. The van der Waals surface area contributed by atoms with E-state index in [4.69, 9.17) is 4.74 Å². The number of hydrogen-bond donors (Lipinski definition) is 3. The molecule has 0 saturated heterocycles. The fraction of sp³-hybridized carbons (Fsp3) is 0.850. The predicted molar refractivity (Wildman–Crippen MR) is 107 cm³/mol. The lowest BCUT2D eigenvalue weighted by Gasteiger charge is -2.29. The minimum absolute atomic E-state index is 0.147. The number of aliphatic hydroxyl groups excluding tert-OH is 1. The zero-order valence-corrected chi connectivity index (χ0v) is 18.5. The van der Waals surface area contributed by atoms with Crippen molar-refractivity contribution in [3.05, 3.63) is 0 Å². The van der Waals surface area contributed by atoms with Crippen molar-refractivity contribution in [3.63, 3.8) is 0 Å². The van der Waals surface area contributed by atoms with E-state index in [1.54, 1.807) is 20.8 Å². The Labute approximate surface area is 168 Å². The second-order valence-corrected chi connectivity index (χ2v) is 8.92. The summed E-state index contributed by atoms with van der Waals surface area (Å²) in [4.78, 5) is 36.4. The molecule has 0 radical (unpaired) electrons. The number of aliphatic hydroxyl groups is 1. The summed E-state index contributed by atoms with van der Waals surface area (Å²) in [6.45, 7) is 13.0. The number of carbonyl (C=O) groups is 3. The molecule has 0 aromatic rings. The number of carbonyl (C=O) groups excluding carboxylic acids is 3. The van der Waals surface area contributed by atoms with Gasteiger partial charge in [-0.25, -0.2) is 4.79 Å². The molecule has 0 spiro atoms. The van der Waals surface area contributed by atoms with Gasteiger partial charge in [-0.2, -0.15) is 0 Å². The van der Waals surface area contributed by atoms with Gasteiger partial charge in [0.25, 0.3) is 0 Å². The zero-order valence-electron chi connectivity index (χ0n) is 18.5. The average Bonchev–Trinajstić information content (AvgIpc) is 2.50. The van der Waals surface area contributed by atoms with Crippen molar-refractivity contribution in [3.8, 4) is 0 Å². The van der Waals surface area contributed by atoms with Crippen molar-refractivity contribution in [1.29, 1.82) is 0 Å². The van der Waals surface area contributed by atoms with Crippen LogP contribution in [0.1, 0.15) is 67.7 Å². The lowest BCUT2D eigenvalue weighted by atomic mass is 9.96. The SMILES string of the molecule is COC(=O)C[C@H](O)[C@H](CC(C)C)NC(=O)[C@H](CC(C)C)NC(=O)OC(C)(C)C. The predicted octanol–water partition coefficient (Wildman–Crippen LogP) is 2.38. The molecule has 0 aromatic carbocycles. The Morgan fingerprint density at radius 3 is 1.93 bits per heavy atom. The van der Waals surface area contributed by atoms with E-state index < -0.39 is 41.8 Å². The third-order valence-corrected chi connectivity index (χ3v) is 3.84. The molecule has 28 heavy (non-hydrogen) atoms. The first-order chi connectivity index (χ1) is 12.7. The highest BCUT2D eigenvalue weighted by atomic mass is 16.6. The van der Waals surface area contributed by atoms with Gasteiger partial charge in [0.1, 0.15) is 11.6 Å². The summed E-state index contributed by atoms with van der Waals surface area (Å²) in [7, 11) is 1.24. The van der Waals surface area contributed by atoms with Gasteiger partial charge in [0, 0.05) is 0 Å². The fourth-order valence-corrected chi connectivity index (χ4v) is 2.65. The molecule has 0 bridgehead atoms. The van der Waals surface area contributed by atoms with E-state index in [0.29, 0.717) is 12.8 Å². The Bertz CT molecular complexity index is 513. The van der Waals surface area contributed by atoms with Gasteiger partial charge in [0.15, 0.2) is 0 Å². The van der Waals surface area contributed by atoms with E-state index in [2.05, 4.69) is 15.4 Å². The number of esters is 1. The topological polar surface area (TPSA) is 114 Å². The number of nitrogens with one attached hydrogen (secondary N) is 2. The van der Waals surface area contributed by atoms with E-state index >= 15 is 0 Å². The standard InChI is InChI=1S/C20H38N2O6/c1-12(2)9-14(16(23)11-17(24)27-8)21-18(25)15(10-13(3)4)22-19(26)28-20(5,6)7/h12-16,23H,9-11H2,1-8H3,(H,21,25)(H,22,26)/t14-,15-,16-/m0/s1.